The molecule has 2 rings (SSSR count). The lowest BCUT2D eigenvalue weighted by atomic mass is 10.1. The number of hydrogen-bond acceptors (Lipinski definition) is 1. The Morgan fingerprint density at radius 3 is 2.71 bits per heavy atom. The van der Waals surface area contributed by atoms with Gasteiger partial charge in [0.05, 0.1) is 0 Å². The first-order valence-electron chi connectivity index (χ1n) is 5.99. The normalized spacial score (nSPS) is 24.6. The fraction of sp³-hybridized carbons (Fsp3) is 0.692. The third-order valence-electron chi connectivity index (χ3n) is 3.04. The van der Waals surface area contributed by atoms with Crippen molar-refractivity contribution < 1.29 is 0 Å². The largest absolute Gasteiger partial charge is 0.126 e. The molecule has 0 aromatic rings. The zero-order valence-electron chi connectivity index (χ0n) is 8.93. The van der Waals surface area contributed by atoms with Crippen molar-refractivity contribution in [2.45, 2.75) is 51.4 Å². The molecule has 2 aliphatic rings. The van der Waals surface area contributed by atoms with Gasteiger partial charge in [-0.15, -0.1) is 11.8 Å². The van der Waals surface area contributed by atoms with Crippen LogP contribution in [0.3, 0.4) is 0 Å². The van der Waals surface area contributed by atoms with Crippen molar-refractivity contribution in [2.75, 3.05) is 5.75 Å². The molecule has 0 spiro atoms. The van der Waals surface area contributed by atoms with Crippen LogP contribution in [0.2, 0.25) is 0 Å². The molecule has 0 atom stereocenters. The molecule has 0 amide bonds. The van der Waals surface area contributed by atoms with Gasteiger partial charge in [0.25, 0.3) is 0 Å². The van der Waals surface area contributed by atoms with Crippen LogP contribution in [0.15, 0.2) is 22.6 Å². The van der Waals surface area contributed by atoms with E-state index in [1.807, 2.05) is 0 Å². The Bertz CT molecular complexity index is 212. The molecule has 0 saturated carbocycles. The van der Waals surface area contributed by atoms with Gasteiger partial charge in [0.1, 0.15) is 0 Å². The first kappa shape index (κ1) is 10.4. The van der Waals surface area contributed by atoms with E-state index in [0.717, 1.165) is 0 Å². The van der Waals surface area contributed by atoms with Crippen molar-refractivity contribution in [3.63, 3.8) is 0 Å². The predicted molar refractivity (Wildman–Crippen MR) is 65.6 cm³/mol. The quantitative estimate of drug-likeness (QED) is 0.603. The van der Waals surface area contributed by atoms with E-state index in [2.05, 4.69) is 23.9 Å². The molecule has 78 valence electrons. The van der Waals surface area contributed by atoms with Gasteiger partial charge in [0.15, 0.2) is 0 Å². The van der Waals surface area contributed by atoms with Crippen LogP contribution in [0, 0.1) is 0 Å². The first-order chi connectivity index (χ1) is 6.97. The first-order valence-corrected chi connectivity index (χ1v) is 6.98. The van der Waals surface area contributed by atoms with Crippen molar-refractivity contribution in [2.24, 2.45) is 0 Å². The van der Waals surface area contributed by atoms with Gasteiger partial charge < -0.3 is 0 Å². The van der Waals surface area contributed by atoms with E-state index in [9.17, 15) is 0 Å². The van der Waals surface area contributed by atoms with Gasteiger partial charge in [0.2, 0.25) is 0 Å². The van der Waals surface area contributed by atoms with E-state index in [1.165, 1.54) is 57.1 Å². The monoisotopic (exact) mass is 208 g/mol. The molecule has 1 aliphatic carbocycles. The van der Waals surface area contributed by atoms with Crippen LogP contribution >= 0.6 is 11.8 Å². The van der Waals surface area contributed by atoms with Crippen LogP contribution in [0.1, 0.15) is 51.4 Å². The summed E-state index contributed by atoms with van der Waals surface area (Å²) in [4.78, 5) is 1.62. The number of thioether (sulfide) groups is 1. The van der Waals surface area contributed by atoms with Crippen LogP contribution < -0.4 is 0 Å². The zero-order chi connectivity index (χ0) is 9.64. The Morgan fingerprint density at radius 1 is 0.857 bits per heavy atom. The molecule has 1 heteroatoms. The SMILES string of the molecule is C1=C(C2=CCCCCS2)CCCCC1. The van der Waals surface area contributed by atoms with Gasteiger partial charge in [-0.1, -0.05) is 18.6 Å². The fourth-order valence-corrected chi connectivity index (χ4v) is 3.36. The fourth-order valence-electron chi connectivity index (χ4n) is 2.18. The van der Waals surface area contributed by atoms with Crippen molar-refractivity contribution in [1.29, 1.82) is 0 Å². The highest BCUT2D eigenvalue weighted by atomic mass is 32.2. The van der Waals surface area contributed by atoms with E-state index in [-0.39, 0.29) is 0 Å². The number of hydrogen-bond donors (Lipinski definition) is 0. The average molecular weight is 208 g/mol. The summed E-state index contributed by atoms with van der Waals surface area (Å²) in [6.07, 6.45) is 16.0. The summed E-state index contributed by atoms with van der Waals surface area (Å²) in [6, 6.07) is 0. The molecule has 1 heterocycles. The highest BCUT2D eigenvalue weighted by Gasteiger charge is 2.10. The molecule has 0 aromatic heterocycles. The summed E-state index contributed by atoms with van der Waals surface area (Å²) in [5.41, 5.74) is 1.66. The second-order valence-electron chi connectivity index (χ2n) is 4.24. The maximum absolute atomic E-state index is 2.50. The van der Waals surface area contributed by atoms with Crippen molar-refractivity contribution in [3.05, 3.63) is 22.6 Å². The van der Waals surface area contributed by atoms with Gasteiger partial charge >= 0.3 is 0 Å². The molecule has 0 nitrogen and oxygen atoms in total. The lowest BCUT2D eigenvalue weighted by molar-refractivity contribution is 0.713. The molecular weight excluding hydrogens is 188 g/mol. The summed E-state index contributed by atoms with van der Waals surface area (Å²) >= 11 is 2.09. The molecule has 0 fully saturated rings. The molecule has 1 aliphatic heterocycles. The van der Waals surface area contributed by atoms with Gasteiger partial charge in [0, 0.05) is 4.91 Å². The van der Waals surface area contributed by atoms with Crippen molar-refractivity contribution in [3.8, 4) is 0 Å². The van der Waals surface area contributed by atoms with Crippen LogP contribution in [0.4, 0.5) is 0 Å². The summed E-state index contributed by atoms with van der Waals surface area (Å²) in [5.74, 6) is 1.34. The predicted octanol–water partition coefficient (Wildman–Crippen LogP) is 4.68. The molecular formula is C13H20S. The van der Waals surface area contributed by atoms with Crippen LogP contribution in [0.5, 0.6) is 0 Å². The van der Waals surface area contributed by atoms with E-state index >= 15 is 0 Å². The standard InChI is InChI=1S/C13H20S/c1-2-5-9-12(8-4-1)13-10-6-3-7-11-14-13/h8,10H,1-7,9,11H2. The average Bonchev–Trinajstić information content (AvgIpc) is 2.62. The highest BCUT2D eigenvalue weighted by molar-refractivity contribution is 8.03. The van der Waals surface area contributed by atoms with Crippen molar-refractivity contribution in [1.82, 2.24) is 0 Å². The number of allylic oxidation sites excluding steroid dienone is 3. The summed E-state index contributed by atoms with van der Waals surface area (Å²) in [5, 5.41) is 0. The van der Waals surface area contributed by atoms with Gasteiger partial charge in [-0.2, -0.15) is 0 Å². The van der Waals surface area contributed by atoms with Crippen LogP contribution in [0.25, 0.3) is 0 Å². The maximum Gasteiger partial charge on any atom is 0.00609 e. The Balaban J connectivity index is 2.03. The molecule has 0 unspecified atom stereocenters. The van der Waals surface area contributed by atoms with Crippen LogP contribution in [-0.2, 0) is 0 Å². The minimum atomic E-state index is 1.31. The van der Waals surface area contributed by atoms with E-state index in [4.69, 9.17) is 0 Å². The van der Waals surface area contributed by atoms with E-state index in [0.29, 0.717) is 0 Å². The third-order valence-corrected chi connectivity index (χ3v) is 4.28. The van der Waals surface area contributed by atoms with E-state index in [1.54, 1.807) is 10.5 Å². The highest BCUT2D eigenvalue weighted by Crippen LogP contribution is 2.33. The Labute approximate surface area is 91.9 Å². The molecule has 14 heavy (non-hydrogen) atoms. The second kappa shape index (κ2) is 5.65. The topological polar surface area (TPSA) is 0 Å². The summed E-state index contributed by atoms with van der Waals surface area (Å²) in [7, 11) is 0. The molecule has 0 saturated heterocycles. The van der Waals surface area contributed by atoms with Gasteiger partial charge in [-0.25, -0.2) is 0 Å². The van der Waals surface area contributed by atoms with Gasteiger partial charge in [-0.05, 0) is 56.3 Å². The molecule has 0 aromatic carbocycles. The van der Waals surface area contributed by atoms with E-state index < -0.39 is 0 Å². The zero-order valence-corrected chi connectivity index (χ0v) is 9.74. The second-order valence-corrected chi connectivity index (χ2v) is 5.38. The summed E-state index contributed by atoms with van der Waals surface area (Å²) in [6.45, 7) is 0. The molecule has 0 bridgehead atoms. The van der Waals surface area contributed by atoms with Gasteiger partial charge in [-0.3, -0.25) is 0 Å². The Morgan fingerprint density at radius 2 is 1.71 bits per heavy atom. The minimum Gasteiger partial charge on any atom is -0.126 e. The number of rotatable bonds is 1. The molecule has 0 radical (unpaired) electrons. The lowest BCUT2D eigenvalue weighted by Gasteiger charge is -2.08. The minimum absolute atomic E-state index is 1.31. The third kappa shape index (κ3) is 2.91. The van der Waals surface area contributed by atoms with Crippen LogP contribution in [-0.4, -0.2) is 5.75 Å². The maximum atomic E-state index is 2.50. The summed E-state index contributed by atoms with van der Waals surface area (Å²) < 4.78 is 0. The Kier molecular flexibility index (Phi) is 4.18. The van der Waals surface area contributed by atoms with Crippen molar-refractivity contribution >= 4 is 11.8 Å². The molecule has 0 N–H and O–H groups in total. The lowest BCUT2D eigenvalue weighted by Crippen LogP contribution is -1.86. The smallest absolute Gasteiger partial charge is 0.00609 e. The Hall–Kier alpha value is -0.170.